The van der Waals surface area contributed by atoms with Gasteiger partial charge in [-0.2, -0.15) is 0 Å². The Hall–Kier alpha value is -1.60. The van der Waals surface area contributed by atoms with Crippen LogP contribution in [0.5, 0.6) is 0 Å². The topological polar surface area (TPSA) is 9.23 Å². The van der Waals surface area contributed by atoms with Gasteiger partial charge in [-0.1, -0.05) is 61.5 Å². The summed E-state index contributed by atoms with van der Waals surface area (Å²) in [4.78, 5) is 0. The Morgan fingerprint density at radius 2 is 1.79 bits per heavy atom. The third kappa shape index (κ3) is 2.43. The molecule has 0 amide bonds. The zero-order valence-corrected chi connectivity index (χ0v) is 11.4. The van der Waals surface area contributed by atoms with Gasteiger partial charge in [0, 0.05) is 5.92 Å². The van der Waals surface area contributed by atoms with Crippen LogP contribution in [0.4, 0.5) is 0 Å². The minimum atomic E-state index is 0.206. The van der Waals surface area contributed by atoms with Gasteiger partial charge in [0.25, 0.3) is 0 Å². The van der Waals surface area contributed by atoms with Crippen molar-refractivity contribution in [3.05, 3.63) is 71.3 Å². The van der Waals surface area contributed by atoms with Gasteiger partial charge in [0.05, 0.1) is 12.7 Å². The van der Waals surface area contributed by atoms with E-state index in [1.165, 1.54) is 16.7 Å². The fraction of sp³-hybridized carbons (Fsp3) is 0.333. The number of ether oxygens (including phenoxy) is 1. The average Bonchev–Trinajstić information content (AvgIpc) is 2.49. The highest BCUT2D eigenvalue weighted by molar-refractivity contribution is 5.34. The minimum Gasteiger partial charge on any atom is -0.373 e. The highest BCUT2D eigenvalue weighted by atomic mass is 16.5. The molecule has 0 aliphatic carbocycles. The molecule has 0 spiro atoms. The van der Waals surface area contributed by atoms with Gasteiger partial charge in [-0.15, -0.1) is 0 Å². The minimum absolute atomic E-state index is 0.206. The van der Waals surface area contributed by atoms with Crippen LogP contribution < -0.4 is 0 Å². The number of rotatable bonds is 3. The Morgan fingerprint density at radius 1 is 1.05 bits per heavy atom. The highest BCUT2D eigenvalue weighted by Crippen LogP contribution is 2.40. The maximum absolute atomic E-state index is 6.11. The Bertz CT molecular complexity index is 532. The Labute approximate surface area is 115 Å². The molecule has 0 radical (unpaired) electrons. The Morgan fingerprint density at radius 3 is 2.58 bits per heavy atom. The van der Waals surface area contributed by atoms with Crippen LogP contribution in [-0.2, 0) is 11.2 Å². The molecule has 2 aromatic rings. The summed E-state index contributed by atoms with van der Waals surface area (Å²) in [6.45, 7) is 3.09. The van der Waals surface area contributed by atoms with E-state index in [9.17, 15) is 0 Å². The summed E-state index contributed by atoms with van der Waals surface area (Å²) >= 11 is 0. The molecule has 0 saturated carbocycles. The first-order chi connectivity index (χ1) is 9.40. The third-order valence-electron chi connectivity index (χ3n) is 4.06. The SMILES string of the molecule is CCC(c1ccccc1)C1OCCc2ccccc21. The molecular weight excluding hydrogens is 232 g/mol. The quantitative estimate of drug-likeness (QED) is 0.781. The van der Waals surface area contributed by atoms with Crippen molar-refractivity contribution in [2.45, 2.75) is 31.8 Å². The van der Waals surface area contributed by atoms with Crippen LogP contribution in [-0.4, -0.2) is 6.61 Å². The summed E-state index contributed by atoms with van der Waals surface area (Å²) in [5.41, 5.74) is 4.21. The summed E-state index contributed by atoms with van der Waals surface area (Å²) in [5.74, 6) is 0.447. The molecule has 1 aliphatic rings. The second-order valence-corrected chi connectivity index (χ2v) is 5.17. The van der Waals surface area contributed by atoms with Gasteiger partial charge in [-0.3, -0.25) is 0 Å². The van der Waals surface area contributed by atoms with Crippen molar-refractivity contribution in [2.24, 2.45) is 0 Å². The fourth-order valence-electron chi connectivity index (χ4n) is 3.08. The summed E-state index contributed by atoms with van der Waals surface area (Å²) < 4.78 is 6.11. The second-order valence-electron chi connectivity index (χ2n) is 5.17. The van der Waals surface area contributed by atoms with Gasteiger partial charge in [-0.25, -0.2) is 0 Å². The molecule has 3 rings (SSSR count). The van der Waals surface area contributed by atoms with Crippen LogP contribution in [0.15, 0.2) is 54.6 Å². The van der Waals surface area contributed by atoms with Crippen LogP contribution in [0.1, 0.15) is 42.1 Å². The van der Waals surface area contributed by atoms with E-state index in [1.54, 1.807) is 0 Å². The van der Waals surface area contributed by atoms with E-state index in [2.05, 4.69) is 61.5 Å². The molecule has 19 heavy (non-hydrogen) atoms. The van der Waals surface area contributed by atoms with E-state index in [4.69, 9.17) is 4.74 Å². The molecule has 98 valence electrons. The van der Waals surface area contributed by atoms with Crippen LogP contribution in [0.2, 0.25) is 0 Å². The number of hydrogen-bond donors (Lipinski definition) is 0. The molecule has 0 bridgehead atoms. The smallest absolute Gasteiger partial charge is 0.0896 e. The van der Waals surface area contributed by atoms with Crippen LogP contribution >= 0.6 is 0 Å². The largest absolute Gasteiger partial charge is 0.373 e. The van der Waals surface area contributed by atoms with Crippen molar-refractivity contribution in [3.8, 4) is 0 Å². The van der Waals surface area contributed by atoms with Crippen LogP contribution in [0.25, 0.3) is 0 Å². The molecule has 2 atom stereocenters. The number of benzene rings is 2. The lowest BCUT2D eigenvalue weighted by Gasteiger charge is -2.32. The molecule has 2 unspecified atom stereocenters. The summed E-state index contributed by atoms with van der Waals surface area (Å²) in [5, 5.41) is 0. The highest BCUT2D eigenvalue weighted by Gasteiger charge is 2.28. The molecular formula is C18H20O. The number of fused-ring (bicyclic) bond motifs is 1. The standard InChI is InChI=1S/C18H20O/c1-2-16(14-8-4-3-5-9-14)18-17-11-7-6-10-15(17)12-13-19-18/h3-11,16,18H,2,12-13H2,1H3. The van der Waals surface area contributed by atoms with Gasteiger partial charge in [0.1, 0.15) is 0 Å². The van der Waals surface area contributed by atoms with Gasteiger partial charge in [0.15, 0.2) is 0 Å². The second kappa shape index (κ2) is 5.58. The molecule has 0 N–H and O–H groups in total. The first-order valence-electron chi connectivity index (χ1n) is 7.14. The van der Waals surface area contributed by atoms with Crippen LogP contribution in [0.3, 0.4) is 0 Å². The summed E-state index contributed by atoms with van der Waals surface area (Å²) in [6, 6.07) is 19.5. The van der Waals surface area contributed by atoms with E-state index in [1.807, 2.05) is 0 Å². The van der Waals surface area contributed by atoms with Crippen molar-refractivity contribution in [3.63, 3.8) is 0 Å². The first kappa shape index (κ1) is 12.4. The summed E-state index contributed by atoms with van der Waals surface area (Å²) in [7, 11) is 0. The third-order valence-corrected chi connectivity index (χ3v) is 4.06. The molecule has 1 heteroatoms. The predicted octanol–water partition coefficient (Wildman–Crippen LogP) is 4.49. The zero-order valence-electron chi connectivity index (χ0n) is 11.4. The van der Waals surface area contributed by atoms with E-state index in [-0.39, 0.29) is 6.10 Å². The van der Waals surface area contributed by atoms with Gasteiger partial charge < -0.3 is 4.74 Å². The molecule has 1 heterocycles. The lowest BCUT2D eigenvalue weighted by atomic mass is 9.83. The lowest BCUT2D eigenvalue weighted by Crippen LogP contribution is -2.22. The zero-order chi connectivity index (χ0) is 13.1. The molecule has 0 saturated heterocycles. The van der Waals surface area contributed by atoms with Crippen molar-refractivity contribution in [1.82, 2.24) is 0 Å². The monoisotopic (exact) mass is 252 g/mol. The fourth-order valence-corrected chi connectivity index (χ4v) is 3.08. The van der Waals surface area contributed by atoms with E-state index >= 15 is 0 Å². The van der Waals surface area contributed by atoms with Crippen molar-refractivity contribution in [1.29, 1.82) is 0 Å². The Balaban J connectivity index is 1.97. The van der Waals surface area contributed by atoms with Crippen LogP contribution in [0, 0.1) is 0 Å². The Kier molecular flexibility index (Phi) is 3.65. The maximum atomic E-state index is 6.11. The van der Waals surface area contributed by atoms with Gasteiger partial charge in [0.2, 0.25) is 0 Å². The van der Waals surface area contributed by atoms with Gasteiger partial charge in [-0.05, 0) is 29.5 Å². The van der Waals surface area contributed by atoms with Gasteiger partial charge >= 0.3 is 0 Å². The molecule has 1 aliphatic heterocycles. The van der Waals surface area contributed by atoms with Crippen molar-refractivity contribution < 1.29 is 4.74 Å². The lowest BCUT2D eigenvalue weighted by molar-refractivity contribution is 0.0219. The van der Waals surface area contributed by atoms with E-state index in [0.29, 0.717) is 5.92 Å². The van der Waals surface area contributed by atoms with E-state index in [0.717, 1.165) is 19.4 Å². The molecule has 2 aromatic carbocycles. The van der Waals surface area contributed by atoms with E-state index < -0.39 is 0 Å². The average molecular weight is 252 g/mol. The first-order valence-corrected chi connectivity index (χ1v) is 7.14. The van der Waals surface area contributed by atoms with Crippen molar-refractivity contribution >= 4 is 0 Å². The molecule has 0 fully saturated rings. The maximum Gasteiger partial charge on any atom is 0.0896 e. The summed E-state index contributed by atoms with van der Waals surface area (Å²) in [6.07, 6.45) is 2.35. The molecule has 0 aromatic heterocycles. The van der Waals surface area contributed by atoms with Crippen molar-refractivity contribution in [2.75, 3.05) is 6.61 Å². The predicted molar refractivity (Wildman–Crippen MR) is 78.3 cm³/mol. The number of hydrogen-bond acceptors (Lipinski definition) is 1. The normalized spacial score (nSPS) is 19.7. The molecule has 1 nitrogen and oxygen atoms in total.